The Hall–Kier alpha value is -2.75. The minimum Gasteiger partial charge on any atom is -0.306 e. The van der Waals surface area contributed by atoms with Crippen molar-refractivity contribution >= 4 is 54.7 Å². The summed E-state index contributed by atoms with van der Waals surface area (Å²) >= 11 is 7.71. The number of hydrogen-bond acceptors (Lipinski definition) is 6. The zero-order valence-electron chi connectivity index (χ0n) is 17.0. The summed E-state index contributed by atoms with van der Waals surface area (Å²) < 4.78 is 26.4. The first-order valence-corrected chi connectivity index (χ1v) is 12.3. The average Bonchev–Trinajstić information content (AvgIpc) is 3.35. The Morgan fingerprint density at radius 1 is 1.16 bits per heavy atom. The molecular weight excluding hydrogens is 456 g/mol. The van der Waals surface area contributed by atoms with Crippen molar-refractivity contribution in [2.45, 2.75) is 25.7 Å². The van der Waals surface area contributed by atoms with E-state index in [1.165, 1.54) is 35.6 Å². The number of aryl methyl sites for hydroxylation is 2. The fourth-order valence-electron chi connectivity index (χ4n) is 3.08. The number of carbonyl (C=O) groups excluding carboxylic acids is 1. The van der Waals surface area contributed by atoms with Crippen LogP contribution in [0.25, 0.3) is 15.3 Å². The third-order valence-electron chi connectivity index (χ3n) is 4.80. The summed E-state index contributed by atoms with van der Waals surface area (Å²) in [6, 6.07) is 11.4. The molecule has 31 heavy (non-hydrogen) atoms. The van der Waals surface area contributed by atoms with Crippen LogP contribution in [0.3, 0.4) is 0 Å². The standard InChI is InChI=1S/C21H19ClN4O3S2/c1-4-31(28,29)15-8-6-14(7-9-15)20(27)23-17-11-13(3)25-26(17)21-24-18-12(2)5-10-16(22)19(18)30-21/h5-11H,4H2,1-3H3,(H,23,27). The van der Waals surface area contributed by atoms with E-state index in [1.807, 2.05) is 26.0 Å². The highest BCUT2D eigenvalue weighted by Gasteiger charge is 2.18. The van der Waals surface area contributed by atoms with Gasteiger partial charge in [0.1, 0.15) is 5.82 Å². The van der Waals surface area contributed by atoms with Gasteiger partial charge in [0.05, 0.1) is 31.6 Å². The van der Waals surface area contributed by atoms with E-state index in [0.29, 0.717) is 27.2 Å². The Balaban J connectivity index is 1.66. The molecule has 160 valence electrons. The second-order valence-corrected chi connectivity index (χ2v) is 10.7. The van der Waals surface area contributed by atoms with Crippen LogP contribution in [-0.2, 0) is 9.84 Å². The number of thiazole rings is 1. The summed E-state index contributed by atoms with van der Waals surface area (Å²) in [6.07, 6.45) is 0. The molecule has 0 aliphatic heterocycles. The number of aromatic nitrogens is 3. The topological polar surface area (TPSA) is 94.0 Å². The van der Waals surface area contributed by atoms with Crippen LogP contribution in [0.15, 0.2) is 47.4 Å². The number of carbonyl (C=O) groups is 1. The molecule has 0 bridgehead atoms. The van der Waals surface area contributed by atoms with Crippen molar-refractivity contribution in [2.24, 2.45) is 0 Å². The van der Waals surface area contributed by atoms with Gasteiger partial charge in [-0.25, -0.2) is 13.4 Å². The SMILES string of the molecule is CCS(=O)(=O)c1ccc(C(=O)Nc2cc(C)nn2-c2nc3c(C)ccc(Cl)c3s2)cc1. The molecule has 2 heterocycles. The highest BCUT2D eigenvalue weighted by Crippen LogP contribution is 2.34. The van der Waals surface area contributed by atoms with E-state index in [9.17, 15) is 13.2 Å². The number of nitrogens with one attached hydrogen (secondary N) is 1. The van der Waals surface area contributed by atoms with E-state index in [0.717, 1.165) is 15.8 Å². The van der Waals surface area contributed by atoms with Gasteiger partial charge in [0.2, 0.25) is 5.13 Å². The average molecular weight is 475 g/mol. The van der Waals surface area contributed by atoms with Crippen molar-refractivity contribution in [1.29, 1.82) is 0 Å². The fourth-order valence-corrected chi connectivity index (χ4v) is 5.25. The van der Waals surface area contributed by atoms with Crippen LogP contribution in [-0.4, -0.2) is 34.8 Å². The molecule has 0 aliphatic carbocycles. The van der Waals surface area contributed by atoms with Crippen LogP contribution >= 0.6 is 22.9 Å². The van der Waals surface area contributed by atoms with Crippen LogP contribution in [0.2, 0.25) is 5.02 Å². The lowest BCUT2D eigenvalue weighted by molar-refractivity contribution is 0.102. The summed E-state index contributed by atoms with van der Waals surface area (Å²) in [7, 11) is -3.32. The Labute approximate surface area is 188 Å². The fraction of sp³-hybridized carbons (Fsp3) is 0.190. The van der Waals surface area contributed by atoms with E-state index in [2.05, 4.69) is 15.4 Å². The van der Waals surface area contributed by atoms with E-state index in [4.69, 9.17) is 11.6 Å². The van der Waals surface area contributed by atoms with Gasteiger partial charge < -0.3 is 5.32 Å². The van der Waals surface area contributed by atoms with E-state index in [1.54, 1.807) is 17.7 Å². The van der Waals surface area contributed by atoms with Crippen molar-refractivity contribution in [3.63, 3.8) is 0 Å². The maximum Gasteiger partial charge on any atom is 0.256 e. The number of anilines is 1. The molecule has 0 radical (unpaired) electrons. The molecule has 2 aromatic carbocycles. The molecule has 0 saturated heterocycles. The monoisotopic (exact) mass is 474 g/mol. The summed E-state index contributed by atoms with van der Waals surface area (Å²) in [6.45, 7) is 5.36. The molecule has 0 spiro atoms. The number of hydrogen-bond donors (Lipinski definition) is 1. The van der Waals surface area contributed by atoms with Gasteiger partial charge in [-0.05, 0) is 49.7 Å². The quantitative estimate of drug-likeness (QED) is 0.448. The van der Waals surface area contributed by atoms with Crippen LogP contribution in [0, 0.1) is 13.8 Å². The normalized spacial score (nSPS) is 11.7. The van der Waals surface area contributed by atoms with Gasteiger partial charge in [-0.3, -0.25) is 4.79 Å². The number of nitrogens with zero attached hydrogens (tertiary/aromatic N) is 3. The van der Waals surface area contributed by atoms with Gasteiger partial charge in [-0.15, -0.1) is 0 Å². The van der Waals surface area contributed by atoms with E-state index in [-0.39, 0.29) is 16.6 Å². The third-order valence-corrected chi connectivity index (χ3v) is 8.04. The smallest absolute Gasteiger partial charge is 0.256 e. The molecule has 2 aromatic heterocycles. The second-order valence-electron chi connectivity index (χ2n) is 7.00. The van der Waals surface area contributed by atoms with Crippen molar-refractivity contribution < 1.29 is 13.2 Å². The van der Waals surface area contributed by atoms with Crippen LogP contribution < -0.4 is 5.32 Å². The molecule has 10 heteroatoms. The second kappa shape index (κ2) is 8.07. The lowest BCUT2D eigenvalue weighted by Crippen LogP contribution is -2.15. The predicted molar refractivity (Wildman–Crippen MR) is 123 cm³/mol. The maximum atomic E-state index is 12.8. The summed E-state index contributed by atoms with van der Waals surface area (Å²) in [5, 5.41) is 8.50. The Kier molecular flexibility index (Phi) is 5.59. The Morgan fingerprint density at radius 3 is 2.52 bits per heavy atom. The first kappa shape index (κ1) is 21.5. The highest BCUT2D eigenvalue weighted by atomic mass is 35.5. The highest BCUT2D eigenvalue weighted by molar-refractivity contribution is 7.91. The molecule has 0 atom stereocenters. The summed E-state index contributed by atoms with van der Waals surface area (Å²) in [4.78, 5) is 17.6. The third kappa shape index (κ3) is 4.08. The van der Waals surface area contributed by atoms with Crippen molar-refractivity contribution in [3.8, 4) is 5.13 Å². The first-order valence-electron chi connectivity index (χ1n) is 9.46. The zero-order valence-corrected chi connectivity index (χ0v) is 19.4. The number of benzene rings is 2. The molecule has 0 aliphatic rings. The first-order chi connectivity index (χ1) is 14.7. The Bertz CT molecular complexity index is 1370. The number of fused-ring (bicyclic) bond motifs is 1. The number of rotatable bonds is 5. The Morgan fingerprint density at radius 2 is 1.87 bits per heavy atom. The molecule has 4 rings (SSSR count). The summed E-state index contributed by atoms with van der Waals surface area (Å²) in [5.74, 6) is 0.0837. The van der Waals surface area contributed by atoms with Gasteiger partial charge in [0, 0.05) is 11.6 Å². The molecule has 0 saturated carbocycles. The molecule has 0 fully saturated rings. The molecule has 4 aromatic rings. The van der Waals surface area contributed by atoms with Crippen molar-refractivity contribution in [3.05, 3.63) is 64.3 Å². The molecule has 1 N–H and O–H groups in total. The largest absolute Gasteiger partial charge is 0.306 e. The van der Waals surface area contributed by atoms with Gasteiger partial charge in [0.25, 0.3) is 5.91 Å². The molecule has 1 amide bonds. The van der Waals surface area contributed by atoms with Gasteiger partial charge in [0.15, 0.2) is 9.84 Å². The minimum atomic E-state index is -3.32. The summed E-state index contributed by atoms with van der Waals surface area (Å²) in [5.41, 5.74) is 2.84. The maximum absolute atomic E-state index is 12.8. The van der Waals surface area contributed by atoms with E-state index < -0.39 is 9.84 Å². The van der Waals surface area contributed by atoms with Crippen molar-refractivity contribution in [2.75, 3.05) is 11.1 Å². The molecule has 7 nitrogen and oxygen atoms in total. The van der Waals surface area contributed by atoms with E-state index >= 15 is 0 Å². The van der Waals surface area contributed by atoms with Crippen molar-refractivity contribution in [1.82, 2.24) is 14.8 Å². The number of sulfone groups is 1. The van der Waals surface area contributed by atoms with Gasteiger partial charge in [-0.1, -0.05) is 35.9 Å². The predicted octanol–water partition coefficient (Wildman–Crippen LogP) is 4.80. The van der Waals surface area contributed by atoms with Gasteiger partial charge >= 0.3 is 0 Å². The van der Waals surface area contributed by atoms with Crippen LogP contribution in [0.5, 0.6) is 0 Å². The van der Waals surface area contributed by atoms with Crippen LogP contribution in [0.4, 0.5) is 5.82 Å². The lowest BCUT2D eigenvalue weighted by Gasteiger charge is -2.07. The minimum absolute atomic E-state index is 0.00264. The number of amides is 1. The molecule has 0 unspecified atom stereocenters. The van der Waals surface area contributed by atoms with Crippen LogP contribution in [0.1, 0.15) is 28.5 Å². The molecular formula is C21H19ClN4O3S2. The lowest BCUT2D eigenvalue weighted by atomic mass is 10.2. The number of halogens is 1. The van der Waals surface area contributed by atoms with Gasteiger partial charge in [-0.2, -0.15) is 9.78 Å². The zero-order chi connectivity index (χ0) is 22.3.